The third-order valence-corrected chi connectivity index (χ3v) is 6.11. The van der Waals surface area contributed by atoms with Crippen LogP contribution >= 0.6 is 22.6 Å². The average Bonchev–Trinajstić information content (AvgIpc) is 2.84. The molecule has 2 bridgehead atoms. The van der Waals surface area contributed by atoms with Crippen molar-refractivity contribution < 1.29 is 13.9 Å². The molecule has 0 spiro atoms. The van der Waals surface area contributed by atoms with E-state index in [-0.39, 0.29) is 30.5 Å². The molecule has 0 saturated carbocycles. The Morgan fingerprint density at radius 2 is 2.09 bits per heavy atom. The third-order valence-electron chi connectivity index (χ3n) is 5.39. The smallest absolute Gasteiger partial charge is 0.310 e. The number of benzene rings is 1. The van der Waals surface area contributed by atoms with Crippen LogP contribution < -0.4 is 0 Å². The lowest BCUT2D eigenvalue weighted by molar-refractivity contribution is -0.150. The number of halogens is 2. The summed E-state index contributed by atoms with van der Waals surface area (Å²) in [4.78, 5) is 14.9. The van der Waals surface area contributed by atoms with Crippen molar-refractivity contribution in [2.24, 2.45) is 5.92 Å². The zero-order valence-corrected chi connectivity index (χ0v) is 15.5. The molecule has 126 valence electrons. The normalized spacial score (nSPS) is 30.4. The van der Waals surface area contributed by atoms with Gasteiger partial charge in [-0.25, -0.2) is 0 Å². The topological polar surface area (TPSA) is 29.5 Å². The van der Waals surface area contributed by atoms with Gasteiger partial charge < -0.3 is 4.74 Å². The van der Waals surface area contributed by atoms with Crippen molar-refractivity contribution in [2.45, 2.75) is 43.7 Å². The number of rotatable bonds is 5. The first-order valence-corrected chi connectivity index (χ1v) is 9.38. The molecule has 4 atom stereocenters. The highest BCUT2D eigenvalue weighted by atomic mass is 127. The van der Waals surface area contributed by atoms with Gasteiger partial charge in [-0.05, 0) is 66.0 Å². The fourth-order valence-corrected chi connectivity index (χ4v) is 4.77. The average molecular weight is 431 g/mol. The lowest BCUT2D eigenvalue weighted by atomic mass is 9.76. The fraction of sp³-hybridized carbons (Fsp3) is 0.611. The number of hydrogen-bond donors (Lipinski definition) is 0. The van der Waals surface area contributed by atoms with Gasteiger partial charge in [-0.3, -0.25) is 14.1 Å². The van der Waals surface area contributed by atoms with Crippen molar-refractivity contribution in [1.82, 2.24) is 4.90 Å². The number of esters is 1. The predicted octanol–water partition coefficient (Wildman–Crippen LogP) is 3.76. The van der Waals surface area contributed by atoms with Crippen molar-refractivity contribution in [3.63, 3.8) is 0 Å². The Balaban J connectivity index is 1.88. The van der Waals surface area contributed by atoms with Gasteiger partial charge >= 0.3 is 5.97 Å². The summed E-state index contributed by atoms with van der Waals surface area (Å²) in [5.74, 6) is -0.0545. The van der Waals surface area contributed by atoms with Crippen LogP contribution in [0.2, 0.25) is 0 Å². The minimum atomic E-state index is -0.292. The van der Waals surface area contributed by atoms with E-state index in [1.165, 1.54) is 16.2 Å². The maximum atomic E-state index is 12.6. The SMILES string of the molecule is COC(=O)[C@@H]1C2CCC(C[C@@H]1c1ccc(I)cc1)N2CCCF. The standard InChI is InChI=1S/C18H23FINO2/c1-23-18(22)17-15(12-3-5-13(20)6-4-12)11-14-7-8-16(17)21(14)10-2-9-19/h3-6,14-17H,2,7-11H2,1H3/t14?,15-,16?,17+/m1/s1. The van der Waals surface area contributed by atoms with Crippen molar-refractivity contribution in [2.75, 3.05) is 20.3 Å². The van der Waals surface area contributed by atoms with Gasteiger partial charge in [0.05, 0.1) is 19.7 Å². The van der Waals surface area contributed by atoms with Crippen molar-refractivity contribution >= 4 is 28.6 Å². The number of carbonyl (C=O) groups excluding carboxylic acids is 1. The molecule has 0 aromatic heterocycles. The molecule has 2 aliphatic heterocycles. The Hall–Kier alpha value is -0.690. The molecule has 0 aliphatic carbocycles. The van der Waals surface area contributed by atoms with Gasteiger partial charge in [-0.1, -0.05) is 12.1 Å². The van der Waals surface area contributed by atoms with Crippen LogP contribution in [0, 0.1) is 9.49 Å². The monoisotopic (exact) mass is 431 g/mol. The molecule has 2 unspecified atom stereocenters. The minimum absolute atomic E-state index is 0.121. The Labute approximate surface area is 150 Å². The molecule has 0 radical (unpaired) electrons. The molecule has 3 rings (SSSR count). The molecule has 3 nitrogen and oxygen atoms in total. The summed E-state index contributed by atoms with van der Waals surface area (Å²) in [5.41, 5.74) is 1.22. The molecular formula is C18H23FINO2. The van der Waals surface area contributed by atoms with Crippen LogP contribution in [0.3, 0.4) is 0 Å². The second-order valence-electron chi connectivity index (χ2n) is 6.52. The van der Waals surface area contributed by atoms with Crippen LogP contribution in [0.15, 0.2) is 24.3 Å². The first-order valence-electron chi connectivity index (χ1n) is 8.30. The molecule has 1 aromatic rings. The Bertz CT molecular complexity index is 550. The first-order chi connectivity index (χ1) is 11.2. The van der Waals surface area contributed by atoms with Gasteiger partial charge in [0.2, 0.25) is 0 Å². The van der Waals surface area contributed by atoms with Crippen LogP contribution in [0.25, 0.3) is 0 Å². The van der Waals surface area contributed by atoms with Crippen LogP contribution in [0.5, 0.6) is 0 Å². The molecule has 0 N–H and O–H groups in total. The maximum absolute atomic E-state index is 12.6. The van der Waals surface area contributed by atoms with Gasteiger partial charge in [0.15, 0.2) is 0 Å². The van der Waals surface area contributed by atoms with Crippen molar-refractivity contribution in [1.29, 1.82) is 0 Å². The minimum Gasteiger partial charge on any atom is -0.469 e. The van der Waals surface area contributed by atoms with Gasteiger partial charge in [-0.15, -0.1) is 0 Å². The van der Waals surface area contributed by atoms with Crippen LogP contribution in [0.1, 0.15) is 37.2 Å². The zero-order chi connectivity index (χ0) is 16.4. The van der Waals surface area contributed by atoms with Crippen LogP contribution in [0.4, 0.5) is 4.39 Å². The molecule has 5 heteroatoms. The fourth-order valence-electron chi connectivity index (χ4n) is 4.41. The number of piperidine rings is 1. The summed E-state index contributed by atoms with van der Waals surface area (Å²) in [5, 5.41) is 0. The van der Waals surface area contributed by atoms with Gasteiger partial charge in [0.1, 0.15) is 0 Å². The second-order valence-corrected chi connectivity index (χ2v) is 7.77. The van der Waals surface area contributed by atoms with E-state index in [0.29, 0.717) is 12.5 Å². The van der Waals surface area contributed by atoms with E-state index >= 15 is 0 Å². The largest absolute Gasteiger partial charge is 0.469 e. The van der Waals surface area contributed by atoms with E-state index in [2.05, 4.69) is 51.8 Å². The predicted molar refractivity (Wildman–Crippen MR) is 96.1 cm³/mol. The van der Waals surface area contributed by atoms with Gasteiger partial charge in [0, 0.05) is 28.1 Å². The van der Waals surface area contributed by atoms with Crippen molar-refractivity contribution in [3.8, 4) is 0 Å². The third kappa shape index (κ3) is 3.40. The molecule has 2 heterocycles. The number of methoxy groups -OCH3 is 1. The van der Waals surface area contributed by atoms with Crippen LogP contribution in [-0.4, -0.2) is 43.3 Å². The van der Waals surface area contributed by atoms with E-state index in [1.54, 1.807) is 0 Å². The number of hydrogen-bond acceptors (Lipinski definition) is 3. The summed E-state index contributed by atoms with van der Waals surface area (Å²) in [6.07, 6.45) is 3.63. The molecule has 2 saturated heterocycles. The second kappa shape index (κ2) is 7.47. The van der Waals surface area contributed by atoms with E-state index < -0.39 is 0 Å². The number of fused-ring (bicyclic) bond motifs is 2. The van der Waals surface area contributed by atoms with Gasteiger partial charge in [-0.2, -0.15) is 0 Å². The van der Waals surface area contributed by atoms with Crippen LogP contribution in [-0.2, 0) is 9.53 Å². The molecule has 1 aromatic carbocycles. The quantitative estimate of drug-likeness (QED) is 0.526. The molecule has 0 amide bonds. The van der Waals surface area contributed by atoms with Crippen molar-refractivity contribution in [3.05, 3.63) is 33.4 Å². The molecule has 23 heavy (non-hydrogen) atoms. The lowest BCUT2D eigenvalue weighted by Crippen LogP contribution is -2.51. The summed E-state index contributed by atoms with van der Waals surface area (Å²) in [6.45, 7) is 0.456. The summed E-state index contributed by atoms with van der Waals surface area (Å²) in [6, 6.07) is 9.13. The molecular weight excluding hydrogens is 408 g/mol. The molecule has 2 aliphatic rings. The van der Waals surface area contributed by atoms with E-state index in [4.69, 9.17) is 4.74 Å². The summed E-state index contributed by atoms with van der Waals surface area (Å²) in [7, 11) is 1.47. The lowest BCUT2D eigenvalue weighted by Gasteiger charge is -2.43. The number of alkyl halides is 1. The Morgan fingerprint density at radius 1 is 1.35 bits per heavy atom. The maximum Gasteiger partial charge on any atom is 0.310 e. The Morgan fingerprint density at radius 3 is 2.74 bits per heavy atom. The Kier molecular flexibility index (Phi) is 5.57. The summed E-state index contributed by atoms with van der Waals surface area (Å²) >= 11 is 2.30. The number of carbonyl (C=O) groups is 1. The first kappa shape index (κ1) is 17.1. The highest BCUT2D eigenvalue weighted by molar-refractivity contribution is 14.1. The summed E-state index contributed by atoms with van der Waals surface area (Å²) < 4.78 is 18.9. The zero-order valence-electron chi connectivity index (χ0n) is 13.4. The van der Waals surface area contributed by atoms with E-state index in [9.17, 15) is 9.18 Å². The van der Waals surface area contributed by atoms with E-state index in [1.807, 2.05) is 0 Å². The van der Waals surface area contributed by atoms with E-state index in [0.717, 1.165) is 25.8 Å². The number of ether oxygens (including phenoxy) is 1. The molecule has 2 fully saturated rings. The number of nitrogens with zero attached hydrogens (tertiary/aromatic N) is 1. The highest BCUT2D eigenvalue weighted by Gasteiger charge is 2.50. The van der Waals surface area contributed by atoms with Gasteiger partial charge in [0.25, 0.3) is 0 Å². The highest BCUT2D eigenvalue weighted by Crippen LogP contribution is 2.47.